The number of rotatable bonds is 3. The fourth-order valence-electron chi connectivity index (χ4n) is 5.62. The molecule has 6 heteroatoms. The van der Waals surface area contributed by atoms with Gasteiger partial charge in [-0.25, -0.2) is 4.98 Å². The van der Waals surface area contributed by atoms with Crippen molar-refractivity contribution in [1.29, 1.82) is 0 Å². The lowest BCUT2D eigenvalue weighted by molar-refractivity contribution is -0.173. The minimum atomic E-state index is -0.253. The Balaban J connectivity index is 1.34. The van der Waals surface area contributed by atoms with Crippen LogP contribution >= 0.6 is 11.3 Å². The van der Waals surface area contributed by atoms with Crippen molar-refractivity contribution in [2.75, 3.05) is 0 Å². The molecule has 126 valence electrons. The van der Waals surface area contributed by atoms with Crippen LogP contribution in [0.25, 0.3) is 4.96 Å². The van der Waals surface area contributed by atoms with E-state index < -0.39 is 0 Å². The van der Waals surface area contributed by atoms with E-state index in [0.29, 0.717) is 28.4 Å². The molecule has 0 spiro atoms. The first kappa shape index (κ1) is 14.6. The zero-order valence-corrected chi connectivity index (χ0v) is 14.3. The summed E-state index contributed by atoms with van der Waals surface area (Å²) >= 11 is 1.41. The summed E-state index contributed by atoms with van der Waals surface area (Å²) in [5.74, 6) is 2.09. The molecule has 0 N–H and O–H groups in total. The van der Waals surface area contributed by atoms with Gasteiger partial charge >= 0.3 is 5.97 Å². The van der Waals surface area contributed by atoms with Crippen LogP contribution in [0, 0.1) is 23.2 Å². The fourth-order valence-corrected chi connectivity index (χ4v) is 6.35. The number of hydrogen-bond acceptors (Lipinski definition) is 5. The highest BCUT2D eigenvalue weighted by Gasteiger charge is 2.55. The van der Waals surface area contributed by atoms with Crippen LogP contribution in [0.3, 0.4) is 0 Å². The van der Waals surface area contributed by atoms with Gasteiger partial charge in [0.2, 0.25) is 0 Å². The Labute approximate surface area is 143 Å². The molecular formula is C18H20N2O3S. The van der Waals surface area contributed by atoms with Gasteiger partial charge in [-0.15, -0.1) is 11.3 Å². The molecule has 2 heterocycles. The Morgan fingerprint density at radius 1 is 1.25 bits per heavy atom. The maximum Gasteiger partial charge on any atom is 0.312 e. The molecule has 2 aromatic heterocycles. The summed E-state index contributed by atoms with van der Waals surface area (Å²) in [7, 11) is 0. The summed E-state index contributed by atoms with van der Waals surface area (Å²) in [4.78, 5) is 29.9. The van der Waals surface area contributed by atoms with E-state index in [4.69, 9.17) is 4.74 Å². The van der Waals surface area contributed by atoms with E-state index in [1.54, 1.807) is 6.20 Å². The molecule has 0 amide bonds. The van der Waals surface area contributed by atoms with Crippen LogP contribution in [0.1, 0.15) is 44.2 Å². The highest BCUT2D eigenvalue weighted by atomic mass is 32.1. The summed E-state index contributed by atoms with van der Waals surface area (Å²) in [5, 5.41) is 1.83. The summed E-state index contributed by atoms with van der Waals surface area (Å²) in [6, 6.07) is 1.46. The molecule has 4 fully saturated rings. The van der Waals surface area contributed by atoms with Crippen LogP contribution in [-0.2, 0) is 16.1 Å². The van der Waals surface area contributed by atoms with E-state index in [1.807, 2.05) is 5.38 Å². The molecule has 0 aromatic carbocycles. The van der Waals surface area contributed by atoms with Gasteiger partial charge in [-0.05, 0) is 56.3 Å². The standard InChI is InChI=1S/C18H20N2O3S/c21-15-6-14(19-17-20(15)1-2-24-17)10-23-16(22)18-7-11-3-12(8-18)5-13(4-11)9-18/h1-2,6,11-13H,3-5,7-10H2. The molecule has 24 heavy (non-hydrogen) atoms. The summed E-state index contributed by atoms with van der Waals surface area (Å²) in [6.45, 7) is 0.101. The molecule has 0 unspecified atom stereocenters. The number of esters is 1. The lowest BCUT2D eigenvalue weighted by Gasteiger charge is -2.55. The Kier molecular flexibility index (Phi) is 3.14. The molecule has 0 radical (unpaired) electrons. The predicted octanol–water partition coefficient (Wildman–Crippen LogP) is 3.02. The second-order valence-electron chi connectivity index (χ2n) is 7.92. The molecule has 6 rings (SSSR count). The van der Waals surface area contributed by atoms with Crippen molar-refractivity contribution in [1.82, 2.24) is 9.38 Å². The highest BCUT2D eigenvalue weighted by molar-refractivity contribution is 7.15. The van der Waals surface area contributed by atoms with Crippen LogP contribution in [0.5, 0.6) is 0 Å². The summed E-state index contributed by atoms with van der Waals surface area (Å²) < 4.78 is 7.16. The summed E-state index contributed by atoms with van der Waals surface area (Å²) in [6.07, 6.45) is 8.62. The van der Waals surface area contributed by atoms with Crippen molar-refractivity contribution in [2.24, 2.45) is 23.2 Å². The lowest BCUT2D eigenvalue weighted by atomic mass is 9.49. The maximum absolute atomic E-state index is 12.8. The van der Waals surface area contributed by atoms with Crippen molar-refractivity contribution in [3.63, 3.8) is 0 Å². The Morgan fingerprint density at radius 2 is 1.92 bits per heavy atom. The third kappa shape index (κ3) is 2.23. The monoisotopic (exact) mass is 344 g/mol. The van der Waals surface area contributed by atoms with E-state index in [2.05, 4.69) is 4.98 Å². The molecular weight excluding hydrogens is 324 g/mol. The molecule has 4 aliphatic carbocycles. The average Bonchev–Trinajstić information content (AvgIpc) is 3.00. The molecule has 0 saturated heterocycles. The zero-order valence-electron chi connectivity index (χ0n) is 13.4. The van der Waals surface area contributed by atoms with E-state index in [-0.39, 0.29) is 23.6 Å². The minimum Gasteiger partial charge on any atom is -0.459 e. The number of carbonyl (C=O) groups excluding carboxylic acids is 1. The first-order chi connectivity index (χ1) is 11.6. The van der Waals surface area contributed by atoms with E-state index in [9.17, 15) is 9.59 Å². The molecule has 5 nitrogen and oxygen atoms in total. The van der Waals surface area contributed by atoms with E-state index in [0.717, 1.165) is 19.3 Å². The zero-order chi connectivity index (χ0) is 16.3. The number of aromatic nitrogens is 2. The number of ether oxygens (including phenoxy) is 1. The normalized spacial score (nSPS) is 33.9. The van der Waals surface area contributed by atoms with E-state index >= 15 is 0 Å². The van der Waals surface area contributed by atoms with Crippen molar-refractivity contribution in [2.45, 2.75) is 45.1 Å². The van der Waals surface area contributed by atoms with Crippen molar-refractivity contribution < 1.29 is 9.53 Å². The topological polar surface area (TPSA) is 60.7 Å². The van der Waals surface area contributed by atoms with Gasteiger partial charge in [0.25, 0.3) is 5.56 Å². The van der Waals surface area contributed by atoms with Gasteiger partial charge in [-0.1, -0.05) is 0 Å². The molecule has 0 aliphatic heterocycles. The quantitative estimate of drug-likeness (QED) is 0.803. The largest absolute Gasteiger partial charge is 0.459 e. The first-order valence-electron chi connectivity index (χ1n) is 8.74. The van der Waals surface area contributed by atoms with Gasteiger partial charge < -0.3 is 4.74 Å². The molecule has 4 aliphatic rings. The number of fused-ring (bicyclic) bond motifs is 1. The first-order valence-corrected chi connectivity index (χ1v) is 9.62. The van der Waals surface area contributed by atoms with Gasteiger partial charge in [0.15, 0.2) is 4.96 Å². The Hall–Kier alpha value is -1.69. The smallest absolute Gasteiger partial charge is 0.312 e. The SMILES string of the molecule is O=C(OCc1cc(=O)n2ccsc2n1)C12CC3CC(CC(C3)C1)C2. The predicted molar refractivity (Wildman–Crippen MR) is 89.7 cm³/mol. The fraction of sp³-hybridized carbons (Fsp3) is 0.611. The van der Waals surface area contributed by atoms with Gasteiger partial charge in [0.05, 0.1) is 11.1 Å². The second-order valence-corrected chi connectivity index (χ2v) is 8.79. The van der Waals surface area contributed by atoms with Gasteiger partial charge in [0, 0.05) is 17.6 Å². The van der Waals surface area contributed by atoms with Crippen molar-refractivity contribution in [3.8, 4) is 0 Å². The average molecular weight is 344 g/mol. The third-order valence-electron chi connectivity index (χ3n) is 6.18. The Morgan fingerprint density at radius 3 is 2.58 bits per heavy atom. The Bertz CT molecular complexity index is 833. The molecule has 4 bridgehead atoms. The van der Waals surface area contributed by atoms with Gasteiger partial charge in [0.1, 0.15) is 6.61 Å². The molecule has 2 aromatic rings. The van der Waals surface area contributed by atoms with Gasteiger partial charge in [-0.2, -0.15) is 0 Å². The van der Waals surface area contributed by atoms with Crippen LogP contribution in [0.2, 0.25) is 0 Å². The van der Waals surface area contributed by atoms with E-state index in [1.165, 1.54) is 41.1 Å². The van der Waals surface area contributed by atoms with Crippen LogP contribution < -0.4 is 5.56 Å². The van der Waals surface area contributed by atoms with Gasteiger partial charge in [-0.3, -0.25) is 14.0 Å². The maximum atomic E-state index is 12.8. The van der Waals surface area contributed by atoms with Crippen molar-refractivity contribution >= 4 is 22.3 Å². The third-order valence-corrected chi connectivity index (χ3v) is 6.94. The number of thiazole rings is 1. The van der Waals surface area contributed by atoms with Crippen molar-refractivity contribution in [3.05, 3.63) is 33.7 Å². The number of hydrogen-bond donors (Lipinski definition) is 0. The lowest BCUT2D eigenvalue weighted by Crippen LogP contribution is -2.50. The second kappa shape index (κ2) is 5.15. The highest BCUT2D eigenvalue weighted by Crippen LogP contribution is 2.60. The number of carbonyl (C=O) groups is 1. The number of nitrogens with zero attached hydrogens (tertiary/aromatic N) is 2. The van der Waals surface area contributed by atoms with Crippen LogP contribution in [0.4, 0.5) is 0 Å². The molecule has 0 atom stereocenters. The molecule has 4 saturated carbocycles. The van der Waals surface area contributed by atoms with Crippen LogP contribution in [-0.4, -0.2) is 15.4 Å². The summed E-state index contributed by atoms with van der Waals surface area (Å²) in [5.41, 5.74) is 0.166. The van der Waals surface area contributed by atoms with Crippen LogP contribution in [0.15, 0.2) is 22.4 Å². The minimum absolute atomic E-state index is 0.0604.